The van der Waals surface area contributed by atoms with Crippen molar-refractivity contribution in [2.75, 3.05) is 0 Å². The number of hydrogen-bond acceptors (Lipinski definition) is 3. The largest absolute Gasteiger partial charge is 0.475 e. The molecule has 7 nitrogen and oxygen atoms in total. The van der Waals surface area contributed by atoms with Gasteiger partial charge >= 0.3 is 5.97 Å². The molecule has 1 atom stereocenters. The lowest BCUT2D eigenvalue weighted by molar-refractivity contribution is 0.0685. The average molecular weight is 269 g/mol. The monoisotopic (exact) mass is 269 g/mol. The third-order valence-corrected chi connectivity index (χ3v) is 3.09. The van der Waals surface area contributed by atoms with Crippen LogP contribution in [0.15, 0.2) is 12.1 Å². The van der Waals surface area contributed by atoms with E-state index in [4.69, 9.17) is 10.00 Å². The number of aromatic nitrogens is 2. The van der Waals surface area contributed by atoms with Gasteiger partial charge in [0, 0.05) is 6.54 Å². The van der Waals surface area contributed by atoms with Crippen LogP contribution in [0.1, 0.15) is 21.7 Å². The number of carbonyl (C=O) groups is 1. The first-order chi connectivity index (χ1) is 8.49. The number of nitrogens with one attached hydrogen (secondary N) is 2. The van der Waals surface area contributed by atoms with Gasteiger partial charge < -0.3 is 15.0 Å². The van der Waals surface area contributed by atoms with E-state index in [-0.39, 0.29) is 12.4 Å². The van der Waals surface area contributed by atoms with Crippen LogP contribution in [0.5, 0.6) is 0 Å². The van der Waals surface area contributed by atoms with Crippen LogP contribution in [0.4, 0.5) is 0 Å². The maximum Gasteiger partial charge on any atom is 0.371 e. The number of fused-ring (bicyclic) bond motifs is 1. The molecule has 0 aliphatic carbocycles. The van der Waals surface area contributed by atoms with E-state index in [1.54, 1.807) is 12.1 Å². The standard InChI is InChI=1S/C10H12N3O4P/c1-5-2-3-7-8(6(5)4-11-18(16)17)13-9(12-7)10(14)15/h2-3,18H,4H2,1H3,(H,12,13)(H,14,15)(H2,11,16,17). The SMILES string of the molecule is Cc1ccc2[nH]c(C(=O)O)nc2c1CN[PH](=O)O. The van der Waals surface area contributed by atoms with E-state index in [1.807, 2.05) is 6.92 Å². The molecule has 0 spiro atoms. The first-order valence-corrected chi connectivity index (χ1v) is 6.53. The molecule has 2 aromatic rings. The van der Waals surface area contributed by atoms with Gasteiger partial charge in [-0.1, -0.05) is 6.07 Å². The molecule has 0 fully saturated rings. The Morgan fingerprint density at radius 2 is 2.28 bits per heavy atom. The maximum atomic E-state index is 10.8. The van der Waals surface area contributed by atoms with Crippen LogP contribution < -0.4 is 5.09 Å². The highest BCUT2D eigenvalue weighted by Crippen LogP contribution is 2.22. The van der Waals surface area contributed by atoms with Crippen molar-refractivity contribution in [1.82, 2.24) is 15.1 Å². The number of carboxylic acids is 1. The van der Waals surface area contributed by atoms with Gasteiger partial charge in [-0.25, -0.2) is 14.9 Å². The van der Waals surface area contributed by atoms with Crippen LogP contribution in [0.3, 0.4) is 0 Å². The van der Waals surface area contributed by atoms with Gasteiger partial charge in [0.15, 0.2) is 0 Å². The fourth-order valence-electron chi connectivity index (χ4n) is 1.72. The number of rotatable bonds is 4. The van der Waals surface area contributed by atoms with Crippen molar-refractivity contribution in [2.24, 2.45) is 0 Å². The average Bonchev–Trinajstić information content (AvgIpc) is 2.71. The van der Waals surface area contributed by atoms with Gasteiger partial charge in [-0.05, 0) is 24.1 Å². The van der Waals surface area contributed by atoms with Crippen LogP contribution in [-0.4, -0.2) is 25.9 Å². The number of aryl methyl sites for hydroxylation is 1. The van der Waals surface area contributed by atoms with Gasteiger partial charge in [-0.3, -0.25) is 4.57 Å². The molecule has 2 rings (SSSR count). The topological polar surface area (TPSA) is 115 Å². The van der Waals surface area contributed by atoms with E-state index in [2.05, 4.69) is 15.1 Å². The van der Waals surface area contributed by atoms with E-state index in [1.165, 1.54) is 0 Å². The van der Waals surface area contributed by atoms with Crippen molar-refractivity contribution in [2.45, 2.75) is 13.5 Å². The maximum absolute atomic E-state index is 10.8. The molecule has 8 heteroatoms. The van der Waals surface area contributed by atoms with Gasteiger partial charge in [-0.2, -0.15) is 0 Å². The zero-order valence-corrected chi connectivity index (χ0v) is 10.5. The van der Waals surface area contributed by atoms with E-state index >= 15 is 0 Å². The molecule has 4 N–H and O–H groups in total. The Morgan fingerprint density at radius 3 is 2.89 bits per heavy atom. The lowest BCUT2D eigenvalue weighted by atomic mass is 10.1. The minimum atomic E-state index is -2.78. The fourth-order valence-corrected chi connectivity index (χ4v) is 2.05. The van der Waals surface area contributed by atoms with Gasteiger partial charge in [0.25, 0.3) is 8.18 Å². The zero-order valence-electron chi connectivity index (χ0n) is 9.52. The van der Waals surface area contributed by atoms with Crippen molar-refractivity contribution < 1.29 is 19.4 Å². The molecule has 1 aromatic heterocycles. The predicted molar refractivity (Wildman–Crippen MR) is 65.9 cm³/mol. The van der Waals surface area contributed by atoms with Crippen molar-refractivity contribution >= 4 is 25.2 Å². The van der Waals surface area contributed by atoms with Crippen LogP contribution in [-0.2, 0) is 11.1 Å². The Kier molecular flexibility index (Phi) is 3.47. The summed E-state index contributed by atoms with van der Waals surface area (Å²) in [5.74, 6) is -1.29. The van der Waals surface area contributed by atoms with Gasteiger partial charge in [0.05, 0.1) is 11.0 Å². The lowest BCUT2D eigenvalue weighted by Gasteiger charge is -2.06. The molecule has 0 amide bonds. The number of benzene rings is 1. The highest BCUT2D eigenvalue weighted by molar-refractivity contribution is 7.35. The number of imidazole rings is 1. The predicted octanol–water partition coefficient (Wildman–Crippen LogP) is 1.04. The Hall–Kier alpha value is -1.69. The molecule has 1 unspecified atom stereocenters. The van der Waals surface area contributed by atoms with Crippen molar-refractivity contribution in [3.63, 3.8) is 0 Å². The minimum Gasteiger partial charge on any atom is -0.475 e. The number of aromatic carboxylic acids is 1. The highest BCUT2D eigenvalue weighted by Gasteiger charge is 2.13. The minimum absolute atomic E-state index is 0.145. The van der Waals surface area contributed by atoms with Gasteiger partial charge in [-0.15, -0.1) is 0 Å². The van der Waals surface area contributed by atoms with E-state index in [0.717, 1.165) is 5.56 Å². The van der Waals surface area contributed by atoms with Crippen molar-refractivity contribution in [3.8, 4) is 0 Å². The molecule has 1 aromatic carbocycles. The fraction of sp³-hybridized carbons (Fsp3) is 0.200. The molecule has 18 heavy (non-hydrogen) atoms. The first kappa shape index (κ1) is 12.8. The normalized spacial score (nSPS) is 12.8. The van der Waals surface area contributed by atoms with E-state index in [9.17, 15) is 9.36 Å². The van der Waals surface area contributed by atoms with Crippen molar-refractivity contribution in [3.05, 3.63) is 29.1 Å². The molecule has 0 aliphatic rings. The molecular formula is C10H12N3O4P. The van der Waals surface area contributed by atoms with Gasteiger partial charge in [0.2, 0.25) is 5.82 Å². The number of H-pyrrole nitrogens is 1. The first-order valence-electron chi connectivity index (χ1n) is 5.17. The Morgan fingerprint density at radius 1 is 1.56 bits per heavy atom. The molecule has 0 saturated heterocycles. The van der Waals surface area contributed by atoms with Crippen LogP contribution >= 0.6 is 8.18 Å². The molecule has 0 aliphatic heterocycles. The van der Waals surface area contributed by atoms with E-state index < -0.39 is 14.1 Å². The molecule has 1 heterocycles. The molecule has 96 valence electrons. The molecule has 0 radical (unpaired) electrons. The Labute approximate surface area is 103 Å². The Balaban J connectivity index is 2.51. The summed E-state index contributed by atoms with van der Waals surface area (Å²) in [5.41, 5.74) is 2.68. The summed E-state index contributed by atoms with van der Waals surface area (Å²) < 4.78 is 10.7. The second-order valence-electron chi connectivity index (χ2n) is 3.81. The molecule has 0 saturated carbocycles. The lowest BCUT2D eigenvalue weighted by Crippen LogP contribution is -2.05. The number of aromatic amines is 1. The third kappa shape index (κ3) is 2.43. The summed E-state index contributed by atoms with van der Waals surface area (Å²) in [7, 11) is -2.78. The second-order valence-corrected chi connectivity index (χ2v) is 4.77. The third-order valence-electron chi connectivity index (χ3n) is 2.61. The summed E-state index contributed by atoms with van der Waals surface area (Å²) >= 11 is 0. The molecule has 0 bridgehead atoms. The van der Waals surface area contributed by atoms with Crippen LogP contribution in [0.25, 0.3) is 11.0 Å². The number of nitrogens with zero attached hydrogens (tertiary/aromatic N) is 1. The second kappa shape index (κ2) is 4.89. The summed E-state index contributed by atoms with van der Waals surface area (Å²) in [5, 5.41) is 11.3. The van der Waals surface area contributed by atoms with E-state index in [0.29, 0.717) is 16.6 Å². The van der Waals surface area contributed by atoms with Crippen LogP contribution in [0, 0.1) is 6.92 Å². The van der Waals surface area contributed by atoms with Gasteiger partial charge in [0.1, 0.15) is 0 Å². The molecular weight excluding hydrogens is 257 g/mol. The quantitative estimate of drug-likeness (QED) is 0.616. The van der Waals surface area contributed by atoms with Crippen LogP contribution in [0.2, 0.25) is 0 Å². The summed E-state index contributed by atoms with van der Waals surface area (Å²) in [4.78, 5) is 26.3. The van der Waals surface area contributed by atoms with Crippen molar-refractivity contribution in [1.29, 1.82) is 0 Å². The number of carboxylic acid groups (broad SMARTS) is 1. The summed E-state index contributed by atoms with van der Waals surface area (Å²) in [6.45, 7) is 2.00. The Bertz CT molecular complexity index is 637. The smallest absolute Gasteiger partial charge is 0.371 e. The highest BCUT2D eigenvalue weighted by atomic mass is 31.1. The zero-order chi connectivity index (χ0) is 13.3. The number of hydrogen-bond donors (Lipinski definition) is 4. The summed E-state index contributed by atoms with van der Waals surface area (Å²) in [6, 6.07) is 3.54. The summed E-state index contributed by atoms with van der Waals surface area (Å²) in [6.07, 6.45) is 0.